The highest BCUT2D eigenvalue weighted by Gasteiger charge is 2.44. The SMILES string of the molecule is CC1(C)C(=O)N(C[C@H]2CC[C@H](NC(=O)c3cc(C(F)(F)F)ccc3Cl)CC2)c2ccccc21. The number of fused-ring (bicyclic) bond motifs is 1. The quantitative estimate of drug-likeness (QED) is 0.588. The summed E-state index contributed by atoms with van der Waals surface area (Å²) >= 11 is 5.99. The Bertz CT molecular complexity index is 1080. The van der Waals surface area contributed by atoms with Gasteiger partial charge in [0.15, 0.2) is 0 Å². The third-order valence-electron chi connectivity index (χ3n) is 6.81. The van der Waals surface area contributed by atoms with E-state index >= 15 is 0 Å². The number of para-hydroxylation sites is 1. The molecule has 1 N–H and O–H groups in total. The molecule has 4 rings (SSSR count). The second kappa shape index (κ2) is 8.67. The van der Waals surface area contributed by atoms with Crippen LogP contribution in [0.3, 0.4) is 0 Å². The first-order valence-electron chi connectivity index (χ1n) is 11.1. The Labute approximate surface area is 196 Å². The van der Waals surface area contributed by atoms with E-state index < -0.39 is 23.1 Å². The number of benzene rings is 2. The molecule has 1 aliphatic carbocycles. The van der Waals surface area contributed by atoms with Crippen molar-refractivity contribution in [2.24, 2.45) is 5.92 Å². The Morgan fingerprint density at radius 3 is 2.45 bits per heavy atom. The molecular formula is C25H26ClF3N2O2. The zero-order valence-electron chi connectivity index (χ0n) is 18.5. The number of hydrogen-bond acceptors (Lipinski definition) is 2. The molecule has 0 saturated heterocycles. The predicted molar refractivity (Wildman–Crippen MR) is 121 cm³/mol. The largest absolute Gasteiger partial charge is 0.416 e. The van der Waals surface area contributed by atoms with E-state index in [1.807, 2.05) is 43.0 Å². The normalized spacial score (nSPS) is 22.2. The van der Waals surface area contributed by atoms with Gasteiger partial charge in [-0.25, -0.2) is 0 Å². The summed E-state index contributed by atoms with van der Waals surface area (Å²) in [4.78, 5) is 27.5. The fourth-order valence-electron chi connectivity index (χ4n) is 4.87. The number of rotatable bonds is 4. The topological polar surface area (TPSA) is 49.4 Å². The van der Waals surface area contributed by atoms with Crippen molar-refractivity contribution < 1.29 is 22.8 Å². The van der Waals surface area contributed by atoms with Crippen molar-refractivity contribution in [3.63, 3.8) is 0 Å². The molecule has 2 aromatic carbocycles. The third-order valence-corrected chi connectivity index (χ3v) is 7.14. The Morgan fingerprint density at radius 2 is 1.79 bits per heavy atom. The van der Waals surface area contributed by atoms with Crippen molar-refractivity contribution >= 4 is 29.1 Å². The lowest BCUT2D eigenvalue weighted by Crippen LogP contribution is -2.42. The van der Waals surface area contributed by atoms with Crippen molar-refractivity contribution in [1.29, 1.82) is 0 Å². The summed E-state index contributed by atoms with van der Waals surface area (Å²) < 4.78 is 39.0. The predicted octanol–water partition coefficient (Wildman–Crippen LogP) is 5.97. The van der Waals surface area contributed by atoms with Crippen LogP contribution < -0.4 is 10.2 Å². The number of carbonyl (C=O) groups is 2. The maximum absolute atomic E-state index is 13.0. The molecule has 0 radical (unpaired) electrons. The van der Waals surface area contributed by atoms with E-state index in [0.29, 0.717) is 25.3 Å². The lowest BCUT2D eigenvalue weighted by Gasteiger charge is -2.32. The molecule has 1 saturated carbocycles. The molecule has 1 heterocycles. The van der Waals surface area contributed by atoms with Gasteiger partial charge in [-0.3, -0.25) is 9.59 Å². The molecule has 0 spiro atoms. The monoisotopic (exact) mass is 478 g/mol. The lowest BCUT2D eigenvalue weighted by molar-refractivity contribution is -0.137. The van der Waals surface area contributed by atoms with Crippen LogP contribution in [0.1, 0.15) is 61.0 Å². The molecule has 8 heteroatoms. The van der Waals surface area contributed by atoms with Gasteiger partial charge in [-0.15, -0.1) is 0 Å². The Morgan fingerprint density at radius 1 is 1.12 bits per heavy atom. The van der Waals surface area contributed by atoms with Gasteiger partial charge in [0.05, 0.1) is 21.6 Å². The summed E-state index contributed by atoms with van der Waals surface area (Å²) in [5.41, 5.74) is 0.372. The molecule has 176 valence electrons. The second-order valence-electron chi connectivity index (χ2n) is 9.44. The standard InChI is InChI=1S/C25H26ClF3N2O2/c1-24(2)19-5-3-4-6-21(19)31(23(24)33)14-15-7-10-17(11-8-15)30-22(32)18-13-16(25(27,28)29)9-12-20(18)26/h3-6,9,12-13,15,17H,7-8,10-11,14H2,1-2H3,(H,30,32)/t15-,17-. The molecule has 2 aliphatic rings. The third kappa shape index (κ3) is 4.60. The van der Waals surface area contributed by atoms with Crippen LogP contribution in [0.4, 0.5) is 18.9 Å². The summed E-state index contributed by atoms with van der Waals surface area (Å²) in [6, 6.07) is 10.5. The average molecular weight is 479 g/mol. The van der Waals surface area contributed by atoms with Crippen molar-refractivity contribution in [3.05, 3.63) is 64.2 Å². The molecule has 33 heavy (non-hydrogen) atoms. The molecule has 4 nitrogen and oxygen atoms in total. The first kappa shape index (κ1) is 23.6. The van der Waals surface area contributed by atoms with Gasteiger partial charge < -0.3 is 10.2 Å². The smallest absolute Gasteiger partial charge is 0.349 e. The molecule has 0 unspecified atom stereocenters. The fraction of sp³-hybridized carbons (Fsp3) is 0.440. The number of carbonyl (C=O) groups excluding carboxylic acids is 2. The minimum absolute atomic E-state index is 0.0111. The number of nitrogens with zero attached hydrogens (tertiary/aromatic N) is 1. The van der Waals surface area contributed by atoms with E-state index in [-0.39, 0.29) is 22.5 Å². The molecule has 1 aliphatic heterocycles. The van der Waals surface area contributed by atoms with E-state index in [1.165, 1.54) is 0 Å². The molecule has 2 aromatic rings. The van der Waals surface area contributed by atoms with Gasteiger partial charge in [-0.2, -0.15) is 13.2 Å². The Balaban J connectivity index is 1.37. The molecule has 2 amide bonds. The summed E-state index contributed by atoms with van der Waals surface area (Å²) in [6.07, 6.45) is -1.53. The zero-order chi connectivity index (χ0) is 24.0. The van der Waals surface area contributed by atoms with Gasteiger partial charge in [-0.1, -0.05) is 29.8 Å². The van der Waals surface area contributed by atoms with Crippen molar-refractivity contribution in [2.45, 2.75) is 57.2 Å². The van der Waals surface area contributed by atoms with Crippen molar-refractivity contribution in [1.82, 2.24) is 5.32 Å². The summed E-state index contributed by atoms with van der Waals surface area (Å²) in [7, 11) is 0. The summed E-state index contributed by atoms with van der Waals surface area (Å²) in [5.74, 6) is -0.209. The van der Waals surface area contributed by atoms with Crippen molar-refractivity contribution in [3.8, 4) is 0 Å². The number of alkyl halides is 3. The van der Waals surface area contributed by atoms with Gasteiger partial charge in [0.25, 0.3) is 5.91 Å². The van der Waals surface area contributed by atoms with Gasteiger partial charge >= 0.3 is 6.18 Å². The fourth-order valence-corrected chi connectivity index (χ4v) is 5.07. The molecule has 1 fully saturated rings. The number of amides is 2. The van der Waals surface area contributed by atoms with E-state index in [2.05, 4.69) is 5.32 Å². The van der Waals surface area contributed by atoms with Gasteiger partial charge in [0.2, 0.25) is 5.91 Å². The first-order chi connectivity index (χ1) is 15.5. The van der Waals surface area contributed by atoms with Crippen LogP contribution in [0.25, 0.3) is 0 Å². The number of halogens is 4. The van der Waals surface area contributed by atoms with Crippen LogP contribution in [0.15, 0.2) is 42.5 Å². The molecular weight excluding hydrogens is 453 g/mol. The zero-order valence-corrected chi connectivity index (χ0v) is 19.3. The summed E-state index contributed by atoms with van der Waals surface area (Å²) in [5, 5.41) is 2.82. The number of nitrogens with one attached hydrogen (secondary N) is 1. The number of hydrogen-bond donors (Lipinski definition) is 1. The van der Waals surface area contributed by atoms with Gasteiger partial charge in [0.1, 0.15) is 0 Å². The van der Waals surface area contributed by atoms with Crippen LogP contribution in [0.5, 0.6) is 0 Å². The van der Waals surface area contributed by atoms with E-state index in [1.54, 1.807) is 0 Å². The van der Waals surface area contributed by atoms with Gasteiger partial charge in [0, 0.05) is 18.3 Å². The molecule has 0 atom stereocenters. The Hall–Kier alpha value is -2.54. The minimum Gasteiger partial charge on any atom is -0.349 e. The average Bonchev–Trinajstić information content (AvgIpc) is 2.95. The van der Waals surface area contributed by atoms with Crippen LogP contribution in [0, 0.1) is 5.92 Å². The van der Waals surface area contributed by atoms with Crippen LogP contribution in [-0.4, -0.2) is 24.4 Å². The van der Waals surface area contributed by atoms with Crippen molar-refractivity contribution in [2.75, 3.05) is 11.4 Å². The second-order valence-corrected chi connectivity index (χ2v) is 9.85. The molecule has 0 bridgehead atoms. The van der Waals surface area contributed by atoms with E-state index in [0.717, 1.165) is 42.3 Å². The maximum atomic E-state index is 13.0. The number of anilines is 1. The highest BCUT2D eigenvalue weighted by atomic mass is 35.5. The van der Waals surface area contributed by atoms with E-state index in [4.69, 9.17) is 11.6 Å². The van der Waals surface area contributed by atoms with Crippen LogP contribution in [0.2, 0.25) is 5.02 Å². The summed E-state index contributed by atoms with van der Waals surface area (Å²) in [6.45, 7) is 4.51. The van der Waals surface area contributed by atoms with Crippen LogP contribution >= 0.6 is 11.6 Å². The van der Waals surface area contributed by atoms with E-state index in [9.17, 15) is 22.8 Å². The molecule has 0 aromatic heterocycles. The minimum atomic E-state index is -4.54. The lowest BCUT2D eigenvalue weighted by atomic mass is 9.85. The Kier molecular flexibility index (Phi) is 6.20. The van der Waals surface area contributed by atoms with Crippen LogP contribution in [-0.2, 0) is 16.4 Å². The highest BCUT2D eigenvalue weighted by molar-refractivity contribution is 6.33. The maximum Gasteiger partial charge on any atom is 0.416 e. The highest BCUT2D eigenvalue weighted by Crippen LogP contribution is 2.42. The van der Waals surface area contributed by atoms with Gasteiger partial charge in [-0.05, 0) is 75.3 Å². The first-order valence-corrected chi connectivity index (χ1v) is 11.5.